The highest BCUT2D eigenvalue weighted by Gasteiger charge is 2.04. The van der Waals surface area contributed by atoms with Crippen LogP contribution >= 0.6 is 11.3 Å². The van der Waals surface area contributed by atoms with Crippen molar-refractivity contribution in [3.63, 3.8) is 0 Å². The van der Waals surface area contributed by atoms with E-state index in [4.69, 9.17) is 4.74 Å². The van der Waals surface area contributed by atoms with Gasteiger partial charge in [0, 0.05) is 36.9 Å². The molecule has 0 N–H and O–H groups in total. The van der Waals surface area contributed by atoms with E-state index in [1.807, 2.05) is 50.0 Å². The van der Waals surface area contributed by atoms with Crippen molar-refractivity contribution < 1.29 is 4.74 Å². The quantitative estimate of drug-likeness (QED) is 0.637. The predicted octanol–water partition coefficient (Wildman–Crippen LogP) is 4.64. The molecule has 0 saturated carbocycles. The van der Waals surface area contributed by atoms with Gasteiger partial charge in [0.15, 0.2) is 0 Å². The van der Waals surface area contributed by atoms with Crippen molar-refractivity contribution in [2.45, 2.75) is 0 Å². The highest BCUT2D eigenvalue weighted by molar-refractivity contribution is 7.13. The predicted molar refractivity (Wildman–Crippen MR) is 102 cm³/mol. The molecule has 0 spiro atoms. The van der Waals surface area contributed by atoms with E-state index in [1.165, 1.54) is 17.0 Å². The first-order chi connectivity index (χ1) is 11.7. The Morgan fingerprint density at radius 1 is 1.04 bits per heavy atom. The van der Waals surface area contributed by atoms with Crippen molar-refractivity contribution >= 4 is 28.4 Å². The Kier molecular flexibility index (Phi) is 4.91. The molecule has 0 fully saturated rings. The summed E-state index contributed by atoms with van der Waals surface area (Å²) in [7, 11) is 5.72. The zero-order valence-corrected chi connectivity index (χ0v) is 14.7. The van der Waals surface area contributed by atoms with E-state index in [9.17, 15) is 0 Å². The third-order valence-electron chi connectivity index (χ3n) is 3.61. The van der Waals surface area contributed by atoms with Crippen LogP contribution < -0.4 is 9.64 Å². The van der Waals surface area contributed by atoms with Gasteiger partial charge in [-0.1, -0.05) is 12.1 Å². The third-order valence-corrected chi connectivity index (χ3v) is 4.36. The Bertz CT molecular complexity index is 821. The maximum absolute atomic E-state index is 5.18. The van der Waals surface area contributed by atoms with Crippen molar-refractivity contribution in [1.82, 2.24) is 4.98 Å². The molecule has 3 rings (SSSR count). The topological polar surface area (TPSA) is 37.7 Å². The normalized spacial score (nSPS) is 11.0. The van der Waals surface area contributed by atoms with E-state index >= 15 is 0 Å². The van der Waals surface area contributed by atoms with E-state index in [1.54, 1.807) is 7.11 Å². The van der Waals surface area contributed by atoms with E-state index in [2.05, 4.69) is 39.1 Å². The molecule has 5 heteroatoms. The molecule has 4 nitrogen and oxygen atoms in total. The first-order valence-corrected chi connectivity index (χ1v) is 8.45. The van der Waals surface area contributed by atoms with E-state index in [0.717, 1.165) is 27.7 Å². The van der Waals surface area contributed by atoms with Crippen molar-refractivity contribution in [2.24, 2.45) is 4.99 Å². The summed E-state index contributed by atoms with van der Waals surface area (Å²) in [4.78, 5) is 11.1. The lowest BCUT2D eigenvalue weighted by Gasteiger charge is -2.11. The second-order valence-corrected chi connectivity index (χ2v) is 6.32. The maximum Gasteiger partial charge on any atom is 0.209 e. The standard InChI is InChI=1S/C19H19N3OS/c1-22(2)16-8-4-14(5-9-16)12-20-19-21-18(13-24-19)15-6-10-17(23-3)11-7-15/h4-13H,1-3H3. The minimum absolute atomic E-state index is 0.748. The first kappa shape index (κ1) is 16.2. The van der Waals surface area contributed by atoms with Crippen LogP contribution in [0.2, 0.25) is 0 Å². The van der Waals surface area contributed by atoms with Crippen molar-refractivity contribution in [2.75, 3.05) is 26.1 Å². The Morgan fingerprint density at radius 3 is 2.38 bits per heavy atom. The van der Waals surface area contributed by atoms with Crippen LogP contribution in [0.3, 0.4) is 0 Å². The summed E-state index contributed by atoms with van der Waals surface area (Å²) in [6, 6.07) is 16.1. The number of anilines is 1. The van der Waals surface area contributed by atoms with Crippen LogP contribution in [0.25, 0.3) is 11.3 Å². The fourth-order valence-corrected chi connectivity index (χ4v) is 2.88. The highest BCUT2D eigenvalue weighted by Crippen LogP contribution is 2.28. The summed E-state index contributed by atoms with van der Waals surface area (Å²) in [5.41, 5.74) is 4.21. The van der Waals surface area contributed by atoms with Gasteiger partial charge in [0.25, 0.3) is 0 Å². The van der Waals surface area contributed by atoms with Gasteiger partial charge in [-0.05, 0) is 42.0 Å². The Balaban J connectivity index is 1.73. The Labute approximate surface area is 146 Å². The smallest absolute Gasteiger partial charge is 0.209 e. The van der Waals surface area contributed by atoms with Gasteiger partial charge in [-0.25, -0.2) is 9.98 Å². The minimum atomic E-state index is 0.748. The lowest BCUT2D eigenvalue weighted by atomic mass is 10.2. The lowest BCUT2D eigenvalue weighted by Crippen LogP contribution is -2.08. The number of hydrogen-bond acceptors (Lipinski definition) is 5. The van der Waals surface area contributed by atoms with Crippen molar-refractivity contribution in [3.05, 3.63) is 59.5 Å². The van der Waals surface area contributed by atoms with E-state index in [-0.39, 0.29) is 0 Å². The zero-order valence-electron chi connectivity index (χ0n) is 13.9. The molecule has 0 radical (unpaired) electrons. The van der Waals surface area contributed by atoms with Crippen LogP contribution in [0.5, 0.6) is 5.75 Å². The average molecular weight is 337 g/mol. The molecule has 24 heavy (non-hydrogen) atoms. The Hall–Kier alpha value is -2.66. The number of methoxy groups -OCH3 is 1. The Morgan fingerprint density at radius 2 is 1.75 bits per heavy atom. The number of nitrogens with zero attached hydrogens (tertiary/aromatic N) is 3. The summed E-state index contributed by atoms with van der Waals surface area (Å²) in [5, 5.41) is 2.77. The van der Waals surface area contributed by atoms with Crippen LogP contribution in [-0.4, -0.2) is 32.4 Å². The van der Waals surface area contributed by atoms with Crippen LogP contribution in [0.15, 0.2) is 58.9 Å². The van der Waals surface area contributed by atoms with Crippen molar-refractivity contribution in [1.29, 1.82) is 0 Å². The van der Waals surface area contributed by atoms with Gasteiger partial charge in [0.2, 0.25) is 5.13 Å². The maximum atomic E-state index is 5.18. The second-order valence-electron chi connectivity index (χ2n) is 5.49. The fraction of sp³-hybridized carbons (Fsp3) is 0.158. The molecule has 1 heterocycles. The van der Waals surface area contributed by atoms with E-state index < -0.39 is 0 Å². The zero-order chi connectivity index (χ0) is 16.9. The van der Waals surface area contributed by atoms with Gasteiger partial charge in [-0.2, -0.15) is 0 Å². The molecule has 1 aromatic heterocycles. The van der Waals surface area contributed by atoms with Gasteiger partial charge in [0.1, 0.15) is 5.75 Å². The fourth-order valence-electron chi connectivity index (χ4n) is 2.21. The van der Waals surface area contributed by atoms with Gasteiger partial charge in [-0.3, -0.25) is 0 Å². The molecule has 0 atom stereocenters. The lowest BCUT2D eigenvalue weighted by molar-refractivity contribution is 0.415. The SMILES string of the molecule is COc1ccc(-c2csc(N=Cc3ccc(N(C)C)cc3)n2)cc1. The molecule has 122 valence electrons. The summed E-state index contributed by atoms with van der Waals surface area (Å²) in [6.07, 6.45) is 1.84. The van der Waals surface area contributed by atoms with Crippen LogP contribution in [-0.2, 0) is 0 Å². The molecule has 2 aromatic carbocycles. The number of rotatable bonds is 5. The molecule has 0 unspecified atom stereocenters. The highest BCUT2D eigenvalue weighted by atomic mass is 32.1. The first-order valence-electron chi connectivity index (χ1n) is 7.57. The molecule has 0 aliphatic rings. The number of benzene rings is 2. The van der Waals surface area contributed by atoms with Gasteiger partial charge in [-0.15, -0.1) is 11.3 Å². The second kappa shape index (κ2) is 7.27. The molecule has 0 aliphatic heterocycles. The van der Waals surface area contributed by atoms with Crippen LogP contribution in [0.4, 0.5) is 10.8 Å². The molecule has 3 aromatic rings. The number of aromatic nitrogens is 1. The summed E-state index contributed by atoms with van der Waals surface area (Å²) in [5.74, 6) is 0.841. The van der Waals surface area contributed by atoms with Crippen LogP contribution in [0.1, 0.15) is 5.56 Å². The monoisotopic (exact) mass is 337 g/mol. The van der Waals surface area contributed by atoms with Gasteiger partial charge >= 0.3 is 0 Å². The van der Waals surface area contributed by atoms with E-state index in [0.29, 0.717) is 0 Å². The average Bonchev–Trinajstić information content (AvgIpc) is 3.09. The molecular weight excluding hydrogens is 318 g/mol. The van der Waals surface area contributed by atoms with Crippen LogP contribution in [0, 0.1) is 0 Å². The number of aliphatic imine (C=N–C) groups is 1. The van der Waals surface area contributed by atoms with Gasteiger partial charge in [0.05, 0.1) is 12.8 Å². The number of thiazole rings is 1. The minimum Gasteiger partial charge on any atom is -0.497 e. The molecule has 0 amide bonds. The molecule has 0 aliphatic carbocycles. The summed E-state index contributed by atoms with van der Waals surface area (Å²) in [6.45, 7) is 0. The van der Waals surface area contributed by atoms with Gasteiger partial charge < -0.3 is 9.64 Å². The molecular formula is C19H19N3OS. The number of hydrogen-bond donors (Lipinski definition) is 0. The number of ether oxygens (including phenoxy) is 1. The summed E-state index contributed by atoms with van der Waals surface area (Å²) < 4.78 is 5.18. The molecule has 0 bridgehead atoms. The third kappa shape index (κ3) is 3.81. The van der Waals surface area contributed by atoms with Crippen molar-refractivity contribution in [3.8, 4) is 17.0 Å². The molecule has 0 saturated heterocycles. The largest absolute Gasteiger partial charge is 0.497 e. The summed E-state index contributed by atoms with van der Waals surface area (Å²) >= 11 is 1.53.